The van der Waals surface area contributed by atoms with Crippen molar-refractivity contribution >= 4 is 51.1 Å². The Hall–Kier alpha value is -0.350. The van der Waals surface area contributed by atoms with Gasteiger partial charge in [0.05, 0.1) is 5.75 Å². The van der Waals surface area contributed by atoms with Crippen LogP contribution in [0.2, 0.25) is 0 Å². The zero-order valence-electron chi connectivity index (χ0n) is 14.5. The van der Waals surface area contributed by atoms with Crippen LogP contribution < -0.4 is 10.6 Å². The lowest BCUT2D eigenvalue weighted by Crippen LogP contribution is -2.43. The third kappa shape index (κ3) is 7.69. The Kier molecular flexibility index (Phi) is 8.47. The third-order valence-electron chi connectivity index (χ3n) is 4.13. The van der Waals surface area contributed by atoms with Crippen LogP contribution in [0.5, 0.6) is 0 Å². The molecule has 1 unspecified atom stereocenters. The van der Waals surface area contributed by atoms with Crippen LogP contribution >= 0.6 is 35.3 Å². The summed E-state index contributed by atoms with van der Waals surface area (Å²) in [6.45, 7) is 3.72. The number of halogens is 1. The zero-order chi connectivity index (χ0) is 16.9. The molecule has 1 heterocycles. The fourth-order valence-corrected chi connectivity index (χ4v) is 5.09. The molecular weight excluding hydrogens is 457 g/mol. The summed E-state index contributed by atoms with van der Waals surface area (Å²) in [6, 6.07) is 4.24. The van der Waals surface area contributed by atoms with Crippen LogP contribution in [-0.2, 0) is 16.3 Å². The van der Waals surface area contributed by atoms with Crippen LogP contribution in [0.4, 0.5) is 0 Å². The molecule has 0 spiro atoms. The van der Waals surface area contributed by atoms with Crippen molar-refractivity contribution in [1.82, 2.24) is 10.6 Å². The molecule has 0 bridgehead atoms. The van der Waals surface area contributed by atoms with E-state index < -0.39 is 9.84 Å². The molecule has 5 nitrogen and oxygen atoms in total. The molecule has 0 aromatic carbocycles. The maximum atomic E-state index is 11.5. The normalized spacial score (nSPS) is 17.7. The Morgan fingerprint density at radius 3 is 2.62 bits per heavy atom. The zero-order valence-corrected chi connectivity index (χ0v) is 18.5. The molecule has 0 saturated heterocycles. The monoisotopic (exact) mass is 485 g/mol. The lowest BCUT2D eigenvalue weighted by molar-refractivity contribution is 0.521. The lowest BCUT2D eigenvalue weighted by Gasteiger charge is -2.19. The Morgan fingerprint density at radius 2 is 2.12 bits per heavy atom. The van der Waals surface area contributed by atoms with Gasteiger partial charge in [-0.1, -0.05) is 13.0 Å². The average Bonchev–Trinajstić information content (AvgIpc) is 3.00. The van der Waals surface area contributed by atoms with E-state index in [2.05, 4.69) is 40.1 Å². The molecule has 1 aromatic heterocycles. The van der Waals surface area contributed by atoms with Gasteiger partial charge in [0, 0.05) is 36.7 Å². The topological polar surface area (TPSA) is 70.6 Å². The Bertz CT molecular complexity index is 626. The summed E-state index contributed by atoms with van der Waals surface area (Å²) in [6.07, 6.45) is 4.31. The summed E-state index contributed by atoms with van der Waals surface area (Å²) >= 11 is 1.79. The first-order valence-corrected chi connectivity index (χ1v) is 10.9. The summed E-state index contributed by atoms with van der Waals surface area (Å²) in [7, 11) is -1.18. The molecule has 2 rings (SSSR count). The molecule has 2 N–H and O–H groups in total. The van der Waals surface area contributed by atoms with Crippen LogP contribution in [0.25, 0.3) is 0 Å². The van der Waals surface area contributed by atoms with Crippen molar-refractivity contribution in [2.45, 2.75) is 26.2 Å². The number of sulfone groups is 1. The minimum atomic E-state index is -2.93. The SMILES string of the molecule is CN=C(NCC(C)Cc1cccs1)NCC1(CS(C)(=O)=O)CC1.I. The number of thiophene rings is 1. The Balaban J connectivity index is 0.00000288. The highest BCUT2D eigenvalue weighted by atomic mass is 127. The molecule has 1 atom stereocenters. The van der Waals surface area contributed by atoms with Crippen LogP contribution in [0.15, 0.2) is 22.5 Å². The molecule has 24 heavy (non-hydrogen) atoms. The molecule has 0 radical (unpaired) electrons. The highest BCUT2D eigenvalue weighted by Crippen LogP contribution is 2.45. The van der Waals surface area contributed by atoms with Crippen molar-refractivity contribution in [3.63, 3.8) is 0 Å². The highest BCUT2D eigenvalue weighted by molar-refractivity contribution is 14.0. The smallest absolute Gasteiger partial charge is 0.191 e. The summed E-state index contributed by atoms with van der Waals surface area (Å²) < 4.78 is 23.0. The molecule has 1 saturated carbocycles. The second-order valence-corrected chi connectivity index (χ2v) is 9.94. The lowest BCUT2D eigenvalue weighted by atomic mass is 10.1. The van der Waals surface area contributed by atoms with Gasteiger partial charge < -0.3 is 10.6 Å². The number of guanidine groups is 1. The summed E-state index contributed by atoms with van der Waals surface area (Å²) in [5.41, 5.74) is -0.0895. The maximum absolute atomic E-state index is 11.5. The van der Waals surface area contributed by atoms with E-state index in [0.29, 0.717) is 12.5 Å². The number of hydrogen-bond acceptors (Lipinski definition) is 4. The predicted octanol–water partition coefficient (Wildman–Crippen LogP) is 2.53. The number of hydrogen-bond donors (Lipinski definition) is 2. The number of nitrogens with one attached hydrogen (secondary N) is 2. The van der Waals surface area contributed by atoms with Gasteiger partial charge in [-0.25, -0.2) is 8.42 Å². The number of rotatable bonds is 8. The standard InChI is InChI=1S/C16H27N3O2S2.HI/c1-13(9-14-5-4-8-22-14)10-18-15(17-2)19-11-16(6-7-16)12-23(3,20)21;/h4-5,8,13H,6-7,9-12H2,1-3H3,(H2,17,18,19);1H. The fourth-order valence-electron chi connectivity index (χ4n) is 2.71. The van der Waals surface area contributed by atoms with Crippen molar-refractivity contribution in [3.05, 3.63) is 22.4 Å². The summed E-state index contributed by atoms with van der Waals surface area (Å²) in [5, 5.41) is 8.73. The van der Waals surface area contributed by atoms with Crippen molar-refractivity contribution < 1.29 is 8.42 Å². The highest BCUT2D eigenvalue weighted by Gasteiger charge is 2.45. The first-order chi connectivity index (χ1) is 10.8. The van der Waals surface area contributed by atoms with E-state index >= 15 is 0 Å². The van der Waals surface area contributed by atoms with E-state index in [0.717, 1.165) is 31.8 Å². The van der Waals surface area contributed by atoms with Crippen molar-refractivity contribution in [2.75, 3.05) is 32.1 Å². The van der Waals surface area contributed by atoms with Gasteiger partial charge >= 0.3 is 0 Å². The molecular formula is C16H28IN3O2S2. The van der Waals surface area contributed by atoms with Gasteiger partial charge in [-0.05, 0) is 36.6 Å². The second-order valence-electron chi connectivity index (χ2n) is 6.77. The molecule has 138 valence electrons. The second kappa shape index (κ2) is 9.38. The van der Waals surface area contributed by atoms with E-state index in [1.54, 1.807) is 18.4 Å². The average molecular weight is 485 g/mol. The molecule has 8 heteroatoms. The van der Waals surface area contributed by atoms with Gasteiger partial charge in [-0.2, -0.15) is 0 Å². The van der Waals surface area contributed by atoms with Gasteiger partial charge in [0.2, 0.25) is 0 Å². The quantitative estimate of drug-likeness (QED) is 0.337. The minimum absolute atomic E-state index is 0. The fraction of sp³-hybridized carbons (Fsp3) is 0.688. The van der Waals surface area contributed by atoms with Gasteiger partial charge in [0.15, 0.2) is 5.96 Å². The number of nitrogens with zero attached hydrogens (tertiary/aromatic N) is 1. The maximum Gasteiger partial charge on any atom is 0.191 e. The van der Waals surface area contributed by atoms with Gasteiger partial charge in [-0.15, -0.1) is 35.3 Å². The van der Waals surface area contributed by atoms with Crippen molar-refractivity contribution in [1.29, 1.82) is 0 Å². The van der Waals surface area contributed by atoms with Crippen LogP contribution in [0.3, 0.4) is 0 Å². The molecule has 1 aliphatic rings. The van der Waals surface area contributed by atoms with Gasteiger partial charge in [0.1, 0.15) is 9.84 Å². The predicted molar refractivity (Wildman–Crippen MR) is 113 cm³/mol. The molecule has 1 fully saturated rings. The van der Waals surface area contributed by atoms with E-state index in [4.69, 9.17) is 0 Å². The van der Waals surface area contributed by atoms with Crippen LogP contribution in [-0.4, -0.2) is 46.5 Å². The van der Waals surface area contributed by atoms with Crippen LogP contribution in [0.1, 0.15) is 24.6 Å². The molecule has 1 aliphatic carbocycles. The third-order valence-corrected chi connectivity index (χ3v) is 6.16. The first-order valence-electron chi connectivity index (χ1n) is 7.96. The Morgan fingerprint density at radius 1 is 1.42 bits per heavy atom. The van der Waals surface area contributed by atoms with Gasteiger partial charge in [-0.3, -0.25) is 4.99 Å². The molecule has 0 aliphatic heterocycles. The summed E-state index contributed by atoms with van der Waals surface area (Å²) in [5.74, 6) is 1.53. The van der Waals surface area contributed by atoms with Crippen LogP contribution in [0, 0.1) is 11.3 Å². The molecule has 0 amide bonds. The van der Waals surface area contributed by atoms with Crippen molar-refractivity contribution in [3.8, 4) is 0 Å². The van der Waals surface area contributed by atoms with Crippen molar-refractivity contribution in [2.24, 2.45) is 16.3 Å². The molecule has 1 aromatic rings. The van der Waals surface area contributed by atoms with Gasteiger partial charge in [0.25, 0.3) is 0 Å². The largest absolute Gasteiger partial charge is 0.356 e. The van der Waals surface area contributed by atoms with E-state index in [1.165, 1.54) is 11.1 Å². The summed E-state index contributed by atoms with van der Waals surface area (Å²) in [4.78, 5) is 5.63. The van der Waals surface area contributed by atoms with E-state index in [1.807, 2.05) is 0 Å². The first kappa shape index (κ1) is 21.7. The minimum Gasteiger partial charge on any atom is -0.356 e. The number of aliphatic imine (C=N–C) groups is 1. The van der Waals surface area contributed by atoms with E-state index in [9.17, 15) is 8.42 Å². The Labute approximate surface area is 166 Å². The van der Waals surface area contributed by atoms with E-state index in [-0.39, 0.29) is 35.1 Å².